The normalized spacial score (nSPS) is 20.6. The van der Waals surface area contributed by atoms with Gasteiger partial charge in [0.25, 0.3) is 0 Å². The maximum Gasteiger partial charge on any atom is 0.573 e. The van der Waals surface area contributed by atoms with Crippen molar-refractivity contribution in [2.75, 3.05) is 13.7 Å². The molecule has 2 unspecified atom stereocenters. The number of amides is 1. The Bertz CT molecular complexity index is 687. The summed E-state index contributed by atoms with van der Waals surface area (Å²) in [6, 6.07) is 4.60. The number of hydrogen-bond donors (Lipinski definition) is 1. The van der Waals surface area contributed by atoms with Gasteiger partial charge in [0.1, 0.15) is 5.75 Å². The maximum absolute atomic E-state index is 13.1. The summed E-state index contributed by atoms with van der Waals surface area (Å²) in [5.74, 6) is -1.70. The molecule has 1 aliphatic heterocycles. The molecule has 9 heteroatoms. The molecule has 1 saturated heterocycles. The van der Waals surface area contributed by atoms with Gasteiger partial charge in [-0.1, -0.05) is 12.1 Å². The van der Waals surface area contributed by atoms with Crippen LogP contribution in [0.4, 0.5) is 13.2 Å². The molecule has 1 heterocycles. The van der Waals surface area contributed by atoms with Crippen molar-refractivity contribution in [1.29, 1.82) is 0 Å². The molecule has 0 aliphatic carbocycles. The van der Waals surface area contributed by atoms with Crippen LogP contribution in [-0.2, 0) is 19.7 Å². The fourth-order valence-electron chi connectivity index (χ4n) is 3.24. The van der Waals surface area contributed by atoms with E-state index in [0.29, 0.717) is 12.0 Å². The Balaban J connectivity index is 2.21. The molecule has 0 spiro atoms. The van der Waals surface area contributed by atoms with Crippen LogP contribution < -0.4 is 4.74 Å². The Morgan fingerprint density at radius 3 is 2.30 bits per heavy atom. The van der Waals surface area contributed by atoms with Gasteiger partial charge in [-0.15, -0.1) is 13.2 Å². The van der Waals surface area contributed by atoms with Gasteiger partial charge in [0.2, 0.25) is 5.91 Å². The second kappa shape index (κ2) is 7.75. The fourth-order valence-corrected chi connectivity index (χ4v) is 3.24. The number of carbonyl (C=O) groups excluding carboxylic acids is 1. The number of carboxylic acid groups (broad SMARTS) is 1. The highest BCUT2D eigenvalue weighted by atomic mass is 19.4. The highest BCUT2D eigenvalue weighted by molar-refractivity contribution is 5.88. The Kier molecular flexibility index (Phi) is 6.04. The van der Waals surface area contributed by atoms with E-state index in [1.54, 1.807) is 13.8 Å². The van der Waals surface area contributed by atoms with E-state index in [9.17, 15) is 22.8 Å². The van der Waals surface area contributed by atoms with E-state index in [1.807, 2.05) is 0 Å². The summed E-state index contributed by atoms with van der Waals surface area (Å²) in [7, 11) is 1.50. The Hall–Kier alpha value is -2.29. The summed E-state index contributed by atoms with van der Waals surface area (Å²) in [5, 5.41) is 9.09. The van der Waals surface area contributed by atoms with Crippen LogP contribution in [0.1, 0.15) is 32.3 Å². The van der Waals surface area contributed by atoms with Crippen LogP contribution in [0.3, 0.4) is 0 Å². The van der Waals surface area contributed by atoms with Crippen molar-refractivity contribution in [1.82, 2.24) is 4.90 Å². The molecule has 2 atom stereocenters. The van der Waals surface area contributed by atoms with Crippen LogP contribution >= 0.6 is 0 Å². The van der Waals surface area contributed by atoms with E-state index in [0.717, 1.165) is 12.1 Å². The number of benzene rings is 1. The zero-order valence-electron chi connectivity index (χ0n) is 15.2. The average molecular weight is 389 g/mol. The second-order valence-electron chi connectivity index (χ2n) is 7.00. The number of likely N-dealkylation sites (tertiary alicyclic amines) is 1. The molecule has 1 amide bonds. The Labute approximate surface area is 154 Å². The number of nitrogens with zero attached hydrogens (tertiary/aromatic N) is 1. The largest absolute Gasteiger partial charge is 0.573 e. The third-order valence-corrected chi connectivity index (χ3v) is 4.72. The monoisotopic (exact) mass is 389 g/mol. The van der Waals surface area contributed by atoms with Crippen molar-refractivity contribution in [2.24, 2.45) is 0 Å². The van der Waals surface area contributed by atoms with Gasteiger partial charge in [0.05, 0.1) is 17.9 Å². The van der Waals surface area contributed by atoms with Gasteiger partial charge in [0.15, 0.2) is 0 Å². The molecular formula is C18H22F3NO5. The highest BCUT2D eigenvalue weighted by Gasteiger charge is 2.42. The molecule has 2 rings (SSSR count). The first-order valence-corrected chi connectivity index (χ1v) is 8.36. The number of hydrogen-bond acceptors (Lipinski definition) is 4. The number of methoxy groups -OCH3 is 1. The van der Waals surface area contributed by atoms with Gasteiger partial charge in [-0.05, 0) is 38.0 Å². The molecular weight excluding hydrogens is 367 g/mol. The molecule has 6 nitrogen and oxygen atoms in total. The summed E-state index contributed by atoms with van der Waals surface area (Å²) in [5.41, 5.74) is -0.562. The average Bonchev–Trinajstić information content (AvgIpc) is 2.95. The van der Waals surface area contributed by atoms with Crippen molar-refractivity contribution < 1.29 is 37.3 Å². The van der Waals surface area contributed by atoms with Crippen molar-refractivity contribution in [2.45, 2.75) is 50.6 Å². The number of rotatable bonds is 6. The van der Waals surface area contributed by atoms with E-state index in [-0.39, 0.29) is 30.7 Å². The van der Waals surface area contributed by atoms with Crippen LogP contribution in [0, 0.1) is 0 Å². The smallest absolute Gasteiger partial charge is 0.481 e. The molecule has 1 fully saturated rings. The van der Waals surface area contributed by atoms with Gasteiger partial charge in [-0.3, -0.25) is 9.59 Å². The number of alkyl halides is 3. The predicted molar refractivity (Wildman–Crippen MR) is 89.3 cm³/mol. The van der Waals surface area contributed by atoms with Crippen LogP contribution in [-0.4, -0.2) is 54.0 Å². The first-order chi connectivity index (χ1) is 12.4. The predicted octanol–water partition coefficient (Wildman–Crippen LogP) is 2.95. The van der Waals surface area contributed by atoms with Gasteiger partial charge in [-0.25, -0.2) is 0 Å². The fraction of sp³-hybridized carbons (Fsp3) is 0.556. The van der Waals surface area contributed by atoms with Crippen LogP contribution in [0.2, 0.25) is 0 Å². The van der Waals surface area contributed by atoms with E-state index in [1.165, 1.54) is 24.1 Å². The van der Waals surface area contributed by atoms with Gasteiger partial charge in [-0.2, -0.15) is 0 Å². The van der Waals surface area contributed by atoms with Gasteiger partial charge < -0.3 is 19.5 Å². The van der Waals surface area contributed by atoms with Crippen molar-refractivity contribution in [3.05, 3.63) is 29.8 Å². The van der Waals surface area contributed by atoms with E-state index in [2.05, 4.69) is 4.74 Å². The van der Waals surface area contributed by atoms with Crippen molar-refractivity contribution in [3.8, 4) is 5.75 Å². The van der Waals surface area contributed by atoms with E-state index in [4.69, 9.17) is 9.84 Å². The lowest BCUT2D eigenvalue weighted by Crippen LogP contribution is -2.46. The molecule has 27 heavy (non-hydrogen) atoms. The van der Waals surface area contributed by atoms with Crippen LogP contribution in [0.15, 0.2) is 24.3 Å². The second-order valence-corrected chi connectivity index (χ2v) is 7.00. The lowest BCUT2D eigenvalue weighted by Gasteiger charge is -2.33. The molecule has 1 aliphatic rings. The number of carbonyl (C=O) groups is 2. The number of ether oxygens (including phenoxy) is 2. The number of halogens is 3. The van der Waals surface area contributed by atoms with E-state index < -0.39 is 23.8 Å². The molecule has 0 radical (unpaired) electrons. The third kappa shape index (κ3) is 5.12. The van der Waals surface area contributed by atoms with Crippen molar-refractivity contribution in [3.63, 3.8) is 0 Å². The van der Waals surface area contributed by atoms with Crippen molar-refractivity contribution >= 4 is 11.9 Å². The molecule has 150 valence electrons. The first-order valence-electron chi connectivity index (χ1n) is 8.36. The minimum atomic E-state index is -4.79. The minimum absolute atomic E-state index is 0.194. The number of carboxylic acids is 1. The summed E-state index contributed by atoms with van der Waals surface area (Å²) < 4.78 is 46.0. The lowest BCUT2D eigenvalue weighted by molar-refractivity contribution is -0.274. The SMILES string of the molecule is COC1CC(CC(=O)O)N(C(=O)C(C)(C)c2ccc(OC(F)(F)F)cc2)C1. The number of aliphatic carboxylic acids is 1. The Morgan fingerprint density at radius 2 is 1.81 bits per heavy atom. The van der Waals surface area contributed by atoms with Crippen LogP contribution in [0.25, 0.3) is 0 Å². The summed E-state index contributed by atoms with van der Waals surface area (Å²) >= 11 is 0. The first kappa shape index (κ1) is 21.0. The molecule has 0 aromatic heterocycles. The van der Waals surface area contributed by atoms with Crippen LogP contribution in [0.5, 0.6) is 5.75 Å². The lowest BCUT2D eigenvalue weighted by atomic mass is 9.83. The Morgan fingerprint density at radius 1 is 1.22 bits per heavy atom. The molecule has 1 N–H and O–H groups in total. The third-order valence-electron chi connectivity index (χ3n) is 4.72. The topological polar surface area (TPSA) is 76.1 Å². The summed E-state index contributed by atoms with van der Waals surface area (Å²) in [4.78, 5) is 25.7. The molecule has 0 bridgehead atoms. The summed E-state index contributed by atoms with van der Waals surface area (Å²) in [6.45, 7) is 3.56. The maximum atomic E-state index is 13.1. The minimum Gasteiger partial charge on any atom is -0.481 e. The zero-order chi connectivity index (χ0) is 20.4. The quantitative estimate of drug-likeness (QED) is 0.810. The van der Waals surface area contributed by atoms with Gasteiger partial charge >= 0.3 is 12.3 Å². The molecule has 1 aromatic rings. The highest BCUT2D eigenvalue weighted by Crippen LogP contribution is 2.33. The van der Waals surface area contributed by atoms with E-state index >= 15 is 0 Å². The molecule has 0 saturated carbocycles. The standard InChI is InChI=1S/C18H22F3NO5/c1-17(2,11-4-6-13(7-5-11)27-18(19,20)21)16(25)22-10-14(26-3)8-12(22)9-15(23)24/h4-7,12,14H,8-10H2,1-3H3,(H,23,24). The molecule has 1 aromatic carbocycles. The zero-order valence-corrected chi connectivity index (χ0v) is 15.2. The van der Waals surface area contributed by atoms with Gasteiger partial charge in [0, 0.05) is 19.7 Å². The summed E-state index contributed by atoms with van der Waals surface area (Å²) in [6.07, 6.45) is -4.82.